The lowest BCUT2D eigenvalue weighted by atomic mass is 10.1. The molecule has 6 heteroatoms. The molecular weight excluding hydrogens is 420 g/mol. The summed E-state index contributed by atoms with van der Waals surface area (Å²) >= 11 is 3.38. The highest BCUT2D eigenvalue weighted by atomic mass is 79.9. The molecule has 0 saturated heterocycles. The number of aryl methyl sites for hydroxylation is 1. The second-order valence-corrected chi connectivity index (χ2v) is 6.97. The van der Waals surface area contributed by atoms with Crippen LogP contribution in [0.4, 0.5) is 11.4 Å². The van der Waals surface area contributed by atoms with Crippen LogP contribution in [-0.2, 0) is 0 Å². The van der Waals surface area contributed by atoms with Crippen LogP contribution >= 0.6 is 15.9 Å². The fourth-order valence-electron chi connectivity index (χ4n) is 2.74. The van der Waals surface area contributed by atoms with Crippen molar-refractivity contribution in [3.05, 3.63) is 87.9 Å². The molecule has 3 rings (SSSR count). The Morgan fingerprint density at radius 3 is 2.18 bits per heavy atom. The van der Waals surface area contributed by atoms with Gasteiger partial charge in [-0.3, -0.25) is 9.59 Å². The Hall–Kier alpha value is -3.12. The third-order valence-corrected chi connectivity index (χ3v) is 4.91. The van der Waals surface area contributed by atoms with Crippen molar-refractivity contribution in [2.45, 2.75) is 6.92 Å². The highest BCUT2D eigenvalue weighted by Crippen LogP contribution is 2.29. The molecule has 0 aliphatic heterocycles. The number of carbonyl (C=O) groups is 2. The van der Waals surface area contributed by atoms with Crippen molar-refractivity contribution in [1.29, 1.82) is 0 Å². The molecule has 0 fully saturated rings. The molecule has 2 N–H and O–H groups in total. The summed E-state index contributed by atoms with van der Waals surface area (Å²) < 4.78 is 6.04. The lowest BCUT2D eigenvalue weighted by molar-refractivity contribution is 0.101. The Bertz CT molecular complexity index is 1030. The predicted molar refractivity (Wildman–Crippen MR) is 114 cm³/mol. The molecule has 3 aromatic carbocycles. The summed E-state index contributed by atoms with van der Waals surface area (Å²) in [6, 6.07) is 19.6. The molecular formula is C22H19BrN2O3. The van der Waals surface area contributed by atoms with Crippen LogP contribution in [0.1, 0.15) is 26.3 Å². The van der Waals surface area contributed by atoms with E-state index in [2.05, 4.69) is 26.6 Å². The van der Waals surface area contributed by atoms with Crippen LogP contribution in [-0.4, -0.2) is 18.9 Å². The van der Waals surface area contributed by atoms with Gasteiger partial charge in [-0.2, -0.15) is 0 Å². The Morgan fingerprint density at radius 2 is 1.50 bits per heavy atom. The van der Waals surface area contributed by atoms with Crippen molar-refractivity contribution in [3.8, 4) is 5.75 Å². The number of benzene rings is 3. The van der Waals surface area contributed by atoms with Gasteiger partial charge in [0.2, 0.25) is 0 Å². The second kappa shape index (κ2) is 8.71. The maximum Gasteiger partial charge on any atom is 0.256 e. The highest BCUT2D eigenvalue weighted by Gasteiger charge is 2.14. The Balaban J connectivity index is 1.84. The molecule has 0 unspecified atom stereocenters. The van der Waals surface area contributed by atoms with Crippen LogP contribution in [0, 0.1) is 6.92 Å². The predicted octanol–water partition coefficient (Wildman–Crippen LogP) is 5.27. The van der Waals surface area contributed by atoms with Gasteiger partial charge >= 0.3 is 0 Å². The van der Waals surface area contributed by atoms with Gasteiger partial charge in [-0.25, -0.2) is 0 Å². The van der Waals surface area contributed by atoms with Crippen molar-refractivity contribution in [2.75, 3.05) is 17.7 Å². The molecule has 3 aromatic rings. The minimum absolute atomic E-state index is 0.245. The van der Waals surface area contributed by atoms with E-state index >= 15 is 0 Å². The molecule has 0 bridgehead atoms. The van der Waals surface area contributed by atoms with E-state index in [4.69, 9.17) is 4.74 Å². The van der Waals surface area contributed by atoms with Crippen molar-refractivity contribution < 1.29 is 14.3 Å². The van der Waals surface area contributed by atoms with E-state index in [9.17, 15) is 9.59 Å². The van der Waals surface area contributed by atoms with Crippen molar-refractivity contribution in [1.82, 2.24) is 0 Å². The number of anilines is 2. The molecule has 2 amide bonds. The summed E-state index contributed by atoms with van der Waals surface area (Å²) in [6.45, 7) is 1.88. The number of amides is 2. The number of nitrogens with one attached hydrogen (secondary N) is 2. The molecule has 0 atom stereocenters. The van der Waals surface area contributed by atoms with Crippen LogP contribution in [0.2, 0.25) is 0 Å². The van der Waals surface area contributed by atoms with Crippen molar-refractivity contribution >= 4 is 39.1 Å². The molecule has 0 radical (unpaired) electrons. The zero-order chi connectivity index (χ0) is 20.1. The third kappa shape index (κ3) is 4.40. The molecule has 0 saturated carbocycles. The normalized spacial score (nSPS) is 10.2. The molecule has 0 heterocycles. The van der Waals surface area contributed by atoms with E-state index in [0.29, 0.717) is 32.7 Å². The first-order chi connectivity index (χ1) is 13.5. The zero-order valence-corrected chi connectivity index (χ0v) is 17.0. The molecule has 0 aromatic heterocycles. The SMILES string of the molecule is COc1ccc(NC(=O)c2ccccc2Br)cc1NC(=O)c1ccccc1C. The summed E-state index contributed by atoms with van der Waals surface area (Å²) in [5.74, 6) is 0.000303. The van der Waals surface area contributed by atoms with E-state index in [1.54, 1.807) is 42.5 Å². The Labute approximate surface area is 171 Å². The number of ether oxygens (including phenoxy) is 1. The van der Waals surface area contributed by atoms with Crippen LogP contribution in [0.25, 0.3) is 0 Å². The third-order valence-electron chi connectivity index (χ3n) is 4.21. The summed E-state index contributed by atoms with van der Waals surface area (Å²) in [4.78, 5) is 25.2. The monoisotopic (exact) mass is 438 g/mol. The molecule has 28 heavy (non-hydrogen) atoms. The van der Waals surface area contributed by atoms with Crippen LogP contribution < -0.4 is 15.4 Å². The van der Waals surface area contributed by atoms with Gasteiger partial charge in [0, 0.05) is 15.7 Å². The zero-order valence-electron chi connectivity index (χ0n) is 15.5. The lowest BCUT2D eigenvalue weighted by Crippen LogP contribution is -2.15. The molecule has 0 spiro atoms. The largest absolute Gasteiger partial charge is 0.495 e. The average Bonchev–Trinajstić information content (AvgIpc) is 2.68. The van der Waals surface area contributed by atoms with E-state index in [1.807, 2.05) is 31.2 Å². The van der Waals surface area contributed by atoms with Gasteiger partial charge in [0.05, 0.1) is 18.4 Å². The van der Waals surface area contributed by atoms with Gasteiger partial charge in [0.1, 0.15) is 5.75 Å². The maximum absolute atomic E-state index is 12.6. The van der Waals surface area contributed by atoms with Gasteiger partial charge < -0.3 is 15.4 Å². The fourth-order valence-corrected chi connectivity index (χ4v) is 3.21. The van der Waals surface area contributed by atoms with Gasteiger partial charge in [0.15, 0.2) is 0 Å². The second-order valence-electron chi connectivity index (χ2n) is 6.12. The summed E-state index contributed by atoms with van der Waals surface area (Å²) in [5, 5.41) is 5.70. The van der Waals surface area contributed by atoms with Gasteiger partial charge in [0.25, 0.3) is 11.8 Å². The topological polar surface area (TPSA) is 67.4 Å². The van der Waals surface area contributed by atoms with Crippen LogP contribution in [0.5, 0.6) is 5.75 Å². The minimum Gasteiger partial charge on any atom is -0.495 e. The number of hydrogen-bond donors (Lipinski definition) is 2. The van der Waals surface area contributed by atoms with Crippen molar-refractivity contribution in [3.63, 3.8) is 0 Å². The number of rotatable bonds is 5. The number of methoxy groups -OCH3 is 1. The van der Waals surface area contributed by atoms with Gasteiger partial charge in [-0.15, -0.1) is 0 Å². The van der Waals surface area contributed by atoms with E-state index in [-0.39, 0.29) is 11.8 Å². The first-order valence-electron chi connectivity index (χ1n) is 8.60. The fraction of sp³-hybridized carbons (Fsp3) is 0.0909. The Morgan fingerprint density at radius 1 is 0.857 bits per heavy atom. The average molecular weight is 439 g/mol. The first-order valence-corrected chi connectivity index (χ1v) is 9.40. The number of hydrogen-bond acceptors (Lipinski definition) is 3. The molecule has 0 aliphatic carbocycles. The van der Waals surface area contributed by atoms with Crippen LogP contribution in [0.15, 0.2) is 71.2 Å². The summed E-state index contributed by atoms with van der Waals surface area (Å²) in [7, 11) is 1.53. The van der Waals surface area contributed by atoms with Gasteiger partial charge in [-0.05, 0) is 64.8 Å². The molecule has 142 valence electrons. The minimum atomic E-state index is -0.256. The van der Waals surface area contributed by atoms with E-state index < -0.39 is 0 Å². The smallest absolute Gasteiger partial charge is 0.256 e. The quantitative estimate of drug-likeness (QED) is 0.569. The molecule has 5 nitrogen and oxygen atoms in total. The maximum atomic E-state index is 12.6. The first kappa shape index (κ1) is 19.6. The Kier molecular flexibility index (Phi) is 6.11. The summed E-state index contributed by atoms with van der Waals surface area (Å²) in [6.07, 6.45) is 0. The summed E-state index contributed by atoms with van der Waals surface area (Å²) in [5.41, 5.74) is 2.98. The van der Waals surface area contributed by atoms with Gasteiger partial charge in [-0.1, -0.05) is 30.3 Å². The molecule has 0 aliphatic rings. The van der Waals surface area contributed by atoms with E-state index in [0.717, 1.165) is 5.56 Å². The van der Waals surface area contributed by atoms with E-state index in [1.165, 1.54) is 7.11 Å². The lowest BCUT2D eigenvalue weighted by Gasteiger charge is -2.14. The highest BCUT2D eigenvalue weighted by molar-refractivity contribution is 9.10. The number of carbonyl (C=O) groups excluding carboxylic acids is 2. The standard InChI is InChI=1S/C22H19BrN2O3/c1-14-7-3-4-8-16(14)21(26)25-19-13-15(11-12-20(19)28-2)24-22(27)17-9-5-6-10-18(17)23/h3-13H,1-2H3,(H,24,27)(H,25,26). The van der Waals surface area contributed by atoms with Crippen molar-refractivity contribution in [2.24, 2.45) is 0 Å². The number of halogens is 1. The van der Waals surface area contributed by atoms with Crippen LogP contribution in [0.3, 0.4) is 0 Å².